The van der Waals surface area contributed by atoms with E-state index in [0.29, 0.717) is 0 Å². The molecule has 3 rings (SSSR count). The average Bonchev–Trinajstić information content (AvgIpc) is 2.77. The molecule has 0 saturated heterocycles. The summed E-state index contributed by atoms with van der Waals surface area (Å²) in [5.41, 5.74) is -2.15. The van der Waals surface area contributed by atoms with E-state index in [2.05, 4.69) is 0 Å². The van der Waals surface area contributed by atoms with Gasteiger partial charge in [-0.3, -0.25) is 9.59 Å². The SMILES string of the molecule is COc1cccc(OC)c1C(=O)P(=O)(C(=O)c1c(Cl)cccc1Cl)c1ccccc1. The third kappa shape index (κ3) is 3.77. The molecule has 30 heavy (non-hydrogen) atoms. The van der Waals surface area contributed by atoms with Gasteiger partial charge in [0.25, 0.3) is 0 Å². The van der Waals surface area contributed by atoms with E-state index in [4.69, 9.17) is 32.7 Å². The van der Waals surface area contributed by atoms with Crippen LogP contribution >= 0.6 is 30.3 Å². The van der Waals surface area contributed by atoms with Gasteiger partial charge in [0.15, 0.2) is 0 Å². The second-order valence-corrected chi connectivity index (χ2v) is 9.55. The Morgan fingerprint density at radius 1 is 0.700 bits per heavy atom. The monoisotopic (exact) mass is 462 g/mol. The molecule has 0 N–H and O–H groups in total. The van der Waals surface area contributed by atoms with Crippen molar-refractivity contribution in [3.05, 3.63) is 87.9 Å². The number of hydrogen-bond acceptors (Lipinski definition) is 5. The quantitative estimate of drug-likeness (QED) is 0.422. The molecule has 0 fully saturated rings. The number of carbonyl (C=O) groups excluding carboxylic acids is 2. The molecule has 5 nitrogen and oxygen atoms in total. The molecule has 0 heterocycles. The number of halogens is 2. The highest BCUT2D eigenvalue weighted by Crippen LogP contribution is 2.55. The van der Waals surface area contributed by atoms with Gasteiger partial charge in [0.05, 0.1) is 29.8 Å². The van der Waals surface area contributed by atoms with Gasteiger partial charge in [-0.1, -0.05) is 65.7 Å². The summed E-state index contributed by atoms with van der Waals surface area (Å²) in [6.45, 7) is 0. The van der Waals surface area contributed by atoms with Crippen LogP contribution in [0.25, 0.3) is 0 Å². The second kappa shape index (κ2) is 9.05. The first kappa shape index (κ1) is 22.1. The van der Waals surface area contributed by atoms with Crippen LogP contribution in [0.3, 0.4) is 0 Å². The summed E-state index contributed by atoms with van der Waals surface area (Å²) in [7, 11) is -1.70. The summed E-state index contributed by atoms with van der Waals surface area (Å²) in [5, 5.41) is 0.0656. The number of ether oxygens (including phenoxy) is 2. The van der Waals surface area contributed by atoms with Crippen LogP contribution in [0.5, 0.6) is 11.5 Å². The van der Waals surface area contributed by atoms with Gasteiger partial charge in [-0.2, -0.15) is 0 Å². The van der Waals surface area contributed by atoms with Crippen LogP contribution in [0, 0.1) is 0 Å². The maximum atomic E-state index is 14.3. The number of carbonyl (C=O) groups is 2. The van der Waals surface area contributed by atoms with E-state index in [-0.39, 0.29) is 38.0 Å². The van der Waals surface area contributed by atoms with E-state index in [1.165, 1.54) is 50.6 Å². The van der Waals surface area contributed by atoms with Crippen molar-refractivity contribution in [1.82, 2.24) is 0 Å². The van der Waals surface area contributed by atoms with Crippen LogP contribution in [0.15, 0.2) is 66.7 Å². The Balaban J connectivity index is 2.32. The van der Waals surface area contributed by atoms with Gasteiger partial charge in [-0.05, 0) is 24.3 Å². The van der Waals surface area contributed by atoms with E-state index in [1.807, 2.05) is 0 Å². The van der Waals surface area contributed by atoms with Crippen molar-refractivity contribution in [2.24, 2.45) is 0 Å². The topological polar surface area (TPSA) is 69.7 Å². The molecule has 1 unspecified atom stereocenters. The van der Waals surface area contributed by atoms with Crippen molar-refractivity contribution in [3.8, 4) is 11.5 Å². The zero-order valence-electron chi connectivity index (χ0n) is 16.1. The fraction of sp³-hybridized carbons (Fsp3) is 0.0909. The molecule has 0 amide bonds. The molecule has 154 valence electrons. The lowest BCUT2D eigenvalue weighted by atomic mass is 10.2. The minimum absolute atomic E-state index is 0.00319. The molecular formula is C22H17Cl2O5P. The van der Waals surface area contributed by atoms with Crippen molar-refractivity contribution < 1.29 is 23.6 Å². The highest BCUT2D eigenvalue weighted by Gasteiger charge is 2.46. The third-order valence-corrected chi connectivity index (χ3v) is 7.76. The Morgan fingerprint density at radius 2 is 1.17 bits per heavy atom. The molecule has 0 radical (unpaired) electrons. The van der Waals surface area contributed by atoms with Crippen LogP contribution < -0.4 is 14.8 Å². The molecule has 1 atom stereocenters. The van der Waals surface area contributed by atoms with Gasteiger partial charge in [0, 0.05) is 5.30 Å². The highest BCUT2D eigenvalue weighted by atomic mass is 35.5. The van der Waals surface area contributed by atoms with Crippen molar-refractivity contribution in [1.29, 1.82) is 0 Å². The van der Waals surface area contributed by atoms with E-state index < -0.39 is 18.2 Å². The third-order valence-electron chi connectivity index (χ3n) is 4.51. The minimum atomic E-state index is -4.44. The Bertz CT molecular complexity index is 1120. The van der Waals surface area contributed by atoms with Crippen LogP contribution in [-0.4, -0.2) is 25.3 Å². The van der Waals surface area contributed by atoms with Gasteiger partial charge >= 0.3 is 0 Å². The molecule has 0 aliphatic carbocycles. The smallest absolute Gasteiger partial charge is 0.249 e. The molecule has 8 heteroatoms. The number of benzene rings is 3. The number of methoxy groups -OCH3 is 2. The van der Waals surface area contributed by atoms with Crippen molar-refractivity contribution in [2.75, 3.05) is 14.2 Å². The maximum absolute atomic E-state index is 14.3. The predicted molar refractivity (Wildman–Crippen MR) is 118 cm³/mol. The average molecular weight is 463 g/mol. The van der Waals surface area contributed by atoms with Gasteiger partial charge in [0.2, 0.25) is 18.2 Å². The van der Waals surface area contributed by atoms with Gasteiger partial charge in [-0.25, -0.2) is 0 Å². The standard InChI is InChI=1S/C22H17Cl2O5P/c1-28-17-12-7-13-18(29-2)20(17)22(26)30(27,14-8-4-3-5-9-14)21(25)19-15(23)10-6-11-16(19)24/h3-13H,1-2H3. The van der Waals surface area contributed by atoms with Crippen LogP contribution in [-0.2, 0) is 4.57 Å². The number of rotatable bonds is 7. The maximum Gasteiger partial charge on any atom is 0.249 e. The lowest BCUT2D eigenvalue weighted by Gasteiger charge is -2.20. The van der Waals surface area contributed by atoms with Crippen LogP contribution in [0.1, 0.15) is 20.7 Å². The molecule has 0 spiro atoms. The second-order valence-electron chi connectivity index (χ2n) is 6.19. The zero-order valence-corrected chi connectivity index (χ0v) is 18.5. The van der Waals surface area contributed by atoms with Gasteiger partial charge < -0.3 is 14.0 Å². The fourth-order valence-corrected chi connectivity index (χ4v) is 6.08. The van der Waals surface area contributed by atoms with Crippen molar-refractivity contribution >= 4 is 46.7 Å². The molecule has 3 aromatic carbocycles. The summed E-state index contributed by atoms with van der Waals surface area (Å²) in [4.78, 5) is 27.3. The van der Waals surface area contributed by atoms with Gasteiger partial charge in [-0.15, -0.1) is 0 Å². The Kier molecular flexibility index (Phi) is 6.67. The first-order valence-electron chi connectivity index (χ1n) is 8.76. The largest absolute Gasteiger partial charge is 0.496 e. The van der Waals surface area contributed by atoms with Crippen LogP contribution in [0.4, 0.5) is 0 Å². The van der Waals surface area contributed by atoms with E-state index >= 15 is 0 Å². The normalized spacial score (nSPS) is 12.7. The predicted octanol–water partition coefficient (Wildman–Crippen LogP) is 5.68. The molecule has 0 saturated carbocycles. The summed E-state index contributed by atoms with van der Waals surface area (Å²) in [6, 6.07) is 16.9. The first-order chi connectivity index (χ1) is 14.4. The van der Waals surface area contributed by atoms with Crippen molar-refractivity contribution in [3.63, 3.8) is 0 Å². The Labute approximate surface area is 183 Å². The van der Waals surface area contributed by atoms with E-state index in [1.54, 1.807) is 30.3 Å². The molecule has 0 aliphatic heterocycles. The summed E-state index contributed by atoms with van der Waals surface area (Å²) in [6.07, 6.45) is 0. The van der Waals surface area contributed by atoms with Crippen LogP contribution in [0.2, 0.25) is 10.0 Å². The summed E-state index contributed by atoms with van der Waals surface area (Å²) in [5.74, 6) is 0.266. The molecule has 0 aromatic heterocycles. The van der Waals surface area contributed by atoms with Gasteiger partial charge in [0.1, 0.15) is 17.1 Å². The zero-order chi connectivity index (χ0) is 21.9. The molecule has 0 bridgehead atoms. The van der Waals surface area contributed by atoms with Crippen molar-refractivity contribution in [2.45, 2.75) is 0 Å². The first-order valence-corrected chi connectivity index (χ1v) is 11.2. The molecular weight excluding hydrogens is 446 g/mol. The lowest BCUT2D eigenvalue weighted by molar-refractivity contribution is 0.103. The van der Waals surface area contributed by atoms with E-state index in [9.17, 15) is 14.2 Å². The lowest BCUT2D eigenvalue weighted by Crippen LogP contribution is -2.22. The number of hydrogen-bond donors (Lipinski definition) is 0. The Morgan fingerprint density at radius 3 is 1.67 bits per heavy atom. The van der Waals surface area contributed by atoms with E-state index in [0.717, 1.165) is 0 Å². The summed E-state index contributed by atoms with van der Waals surface area (Å²) < 4.78 is 24.9. The summed E-state index contributed by atoms with van der Waals surface area (Å²) >= 11 is 12.4. The fourth-order valence-electron chi connectivity index (χ4n) is 3.04. The molecule has 0 aliphatic rings. The highest BCUT2D eigenvalue weighted by molar-refractivity contribution is 8.01. The Hall–Kier alpha value is -2.59. The minimum Gasteiger partial charge on any atom is -0.496 e. The molecule has 3 aromatic rings.